The van der Waals surface area contributed by atoms with E-state index in [1.165, 1.54) is 6.42 Å². The zero-order valence-corrected chi connectivity index (χ0v) is 11.0. The monoisotopic (exact) mass is 254 g/mol. The zero-order chi connectivity index (χ0) is 12.3. The second kappa shape index (κ2) is 5.67. The molecule has 2 N–H and O–H groups in total. The van der Waals surface area contributed by atoms with Crippen LogP contribution in [-0.4, -0.2) is 48.0 Å². The van der Waals surface area contributed by atoms with Gasteiger partial charge in [-0.3, -0.25) is 4.90 Å². The van der Waals surface area contributed by atoms with Gasteiger partial charge in [-0.1, -0.05) is 11.6 Å². The van der Waals surface area contributed by atoms with Crippen LogP contribution in [-0.2, 0) is 6.54 Å². The van der Waals surface area contributed by atoms with Crippen LogP contribution in [0.3, 0.4) is 0 Å². The maximum absolute atomic E-state index is 6.13. The van der Waals surface area contributed by atoms with Crippen molar-refractivity contribution in [1.29, 1.82) is 0 Å². The summed E-state index contributed by atoms with van der Waals surface area (Å²) >= 11 is 6.13. The van der Waals surface area contributed by atoms with Crippen molar-refractivity contribution in [3.05, 3.63) is 22.8 Å². The van der Waals surface area contributed by atoms with Crippen molar-refractivity contribution in [3.63, 3.8) is 0 Å². The van der Waals surface area contributed by atoms with Crippen LogP contribution in [0.25, 0.3) is 0 Å². The minimum atomic E-state index is 0.538. The van der Waals surface area contributed by atoms with E-state index < -0.39 is 0 Å². The summed E-state index contributed by atoms with van der Waals surface area (Å²) in [7, 11) is 2.16. The first-order valence-corrected chi connectivity index (χ1v) is 6.35. The predicted molar refractivity (Wildman–Crippen MR) is 71.1 cm³/mol. The van der Waals surface area contributed by atoms with E-state index in [1.807, 2.05) is 6.07 Å². The molecule has 1 aromatic rings. The molecule has 4 nitrogen and oxygen atoms in total. The fourth-order valence-electron chi connectivity index (χ4n) is 2.08. The fourth-order valence-corrected chi connectivity index (χ4v) is 2.25. The standard InChI is InChI=1S/C12H19ClN4/c1-16-5-2-6-17(8-7-16)9-11-10(13)3-4-12(14)15-11/h3-4H,2,5-9H2,1H3,(H2,14,15). The highest BCUT2D eigenvalue weighted by molar-refractivity contribution is 6.31. The van der Waals surface area contributed by atoms with Gasteiger partial charge >= 0.3 is 0 Å². The molecule has 1 aliphatic heterocycles. The van der Waals surface area contributed by atoms with Crippen LogP contribution in [0.5, 0.6) is 0 Å². The Morgan fingerprint density at radius 3 is 2.94 bits per heavy atom. The van der Waals surface area contributed by atoms with Gasteiger partial charge in [0.1, 0.15) is 5.82 Å². The lowest BCUT2D eigenvalue weighted by atomic mass is 10.3. The van der Waals surface area contributed by atoms with Crippen molar-refractivity contribution in [1.82, 2.24) is 14.8 Å². The molecule has 0 saturated carbocycles. The van der Waals surface area contributed by atoms with Gasteiger partial charge in [-0.2, -0.15) is 0 Å². The van der Waals surface area contributed by atoms with Crippen molar-refractivity contribution >= 4 is 17.4 Å². The van der Waals surface area contributed by atoms with Crippen molar-refractivity contribution < 1.29 is 0 Å². The number of nitrogens with zero attached hydrogens (tertiary/aromatic N) is 3. The number of hydrogen-bond donors (Lipinski definition) is 1. The second-order valence-electron chi connectivity index (χ2n) is 4.60. The molecule has 0 atom stereocenters. The highest BCUT2D eigenvalue weighted by Crippen LogP contribution is 2.17. The first kappa shape index (κ1) is 12.6. The lowest BCUT2D eigenvalue weighted by molar-refractivity contribution is 0.266. The Hall–Kier alpha value is -0.840. The number of anilines is 1. The predicted octanol–water partition coefficient (Wildman–Crippen LogP) is 1.45. The van der Waals surface area contributed by atoms with Gasteiger partial charge in [-0.05, 0) is 38.7 Å². The number of nitrogen functional groups attached to an aromatic ring is 1. The van der Waals surface area contributed by atoms with E-state index in [4.69, 9.17) is 17.3 Å². The molecule has 2 heterocycles. The van der Waals surface area contributed by atoms with Gasteiger partial charge in [0.2, 0.25) is 0 Å². The topological polar surface area (TPSA) is 45.4 Å². The molecule has 2 rings (SSSR count). The smallest absolute Gasteiger partial charge is 0.123 e. The van der Waals surface area contributed by atoms with Gasteiger partial charge in [0.05, 0.1) is 10.7 Å². The highest BCUT2D eigenvalue weighted by Gasteiger charge is 2.14. The average Bonchev–Trinajstić information content (AvgIpc) is 2.49. The van der Waals surface area contributed by atoms with E-state index in [-0.39, 0.29) is 0 Å². The molecule has 94 valence electrons. The maximum atomic E-state index is 6.13. The number of pyridine rings is 1. The lowest BCUT2D eigenvalue weighted by Crippen LogP contribution is -2.29. The van der Waals surface area contributed by atoms with Gasteiger partial charge in [0.25, 0.3) is 0 Å². The van der Waals surface area contributed by atoms with E-state index in [2.05, 4.69) is 21.8 Å². The molecule has 0 aliphatic carbocycles. The number of halogens is 1. The first-order valence-electron chi connectivity index (χ1n) is 5.97. The molecule has 1 saturated heterocycles. The third-order valence-corrected chi connectivity index (χ3v) is 3.47. The zero-order valence-electron chi connectivity index (χ0n) is 10.2. The third-order valence-electron chi connectivity index (χ3n) is 3.13. The Bertz CT molecular complexity index is 383. The van der Waals surface area contributed by atoms with E-state index in [0.717, 1.165) is 38.4 Å². The molecule has 1 aliphatic rings. The maximum Gasteiger partial charge on any atom is 0.123 e. The van der Waals surface area contributed by atoms with Crippen molar-refractivity contribution in [2.75, 3.05) is 39.0 Å². The number of aromatic nitrogens is 1. The summed E-state index contributed by atoms with van der Waals surface area (Å²) in [4.78, 5) is 9.05. The number of likely N-dealkylation sites (N-methyl/N-ethyl adjacent to an activating group) is 1. The molecule has 1 aromatic heterocycles. The minimum absolute atomic E-state index is 0.538. The van der Waals surface area contributed by atoms with Gasteiger partial charge in [0, 0.05) is 19.6 Å². The summed E-state index contributed by atoms with van der Waals surface area (Å²) in [5, 5.41) is 0.705. The Kier molecular flexibility index (Phi) is 4.20. The largest absolute Gasteiger partial charge is 0.384 e. The molecule has 1 fully saturated rings. The van der Waals surface area contributed by atoms with Crippen LogP contribution >= 0.6 is 11.6 Å². The molecule has 5 heteroatoms. The average molecular weight is 255 g/mol. The van der Waals surface area contributed by atoms with Crippen molar-refractivity contribution in [2.24, 2.45) is 0 Å². The molecule has 17 heavy (non-hydrogen) atoms. The number of nitrogens with two attached hydrogens (primary N) is 1. The van der Waals surface area contributed by atoms with Crippen LogP contribution in [0.4, 0.5) is 5.82 Å². The second-order valence-corrected chi connectivity index (χ2v) is 5.00. The third kappa shape index (κ3) is 3.56. The molecule has 0 radical (unpaired) electrons. The van der Waals surface area contributed by atoms with Crippen LogP contribution < -0.4 is 5.73 Å². The van der Waals surface area contributed by atoms with Gasteiger partial charge in [-0.25, -0.2) is 4.98 Å². The molecule has 0 spiro atoms. The summed E-state index contributed by atoms with van der Waals surface area (Å²) in [6, 6.07) is 3.56. The van der Waals surface area contributed by atoms with Crippen LogP contribution in [0.1, 0.15) is 12.1 Å². The number of rotatable bonds is 2. The van der Waals surface area contributed by atoms with Crippen LogP contribution in [0.2, 0.25) is 5.02 Å². The van der Waals surface area contributed by atoms with Crippen LogP contribution in [0, 0.1) is 0 Å². The Labute approximate surface area is 107 Å². The highest BCUT2D eigenvalue weighted by atomic mass is 35.5. The quantitative estimate of drug-likeness (QED) is 0.868. The van der Waals surface area contributed by atoms with Gasteiger partial charge in [0.15, 0.2) is 0 Å². The molecular weight excluding hydrogens is 236 g/mol. The Morgan fingerprint density at radius 2 is 2.12 bits per heavy atom. The summed E-state index contributed by atoms with van der Waals surface area (Å²) in [6.07, 6.45) is 1.19. The molecule has 0 aromatic carbocycles. The van der Waals surface area contributed by atoms with Gasteiger partial charge in [-0.15, -0.1) is 0 Å². The van der Waals surface area contributed by atoms with E-state index >= 15 is 0 Å². The normalized spacial score (nSPS) is 19.2. The SMILES string of the molecule is CN1CCCN(Cc2nc(N)ccc2Cl)CC1. The Morgan fingerprint density at radius 1 is 1.29 bits per heavy atom. The summed E-state index contributed by atoms with van der Waals surface area (Å²) in [5.41, 5.74) is 6.57. The summed E-state index contributed by atoms with van der Waals surface area (Å²) in [6.45, 7) is 5.20. The van der Waals surface area contributed by atoms with E-state index in [0.29, 0.717) is 10.8 Å². The van der Waals surface area contributed by atoms with Gasteiger partial charge < -0.3 is 10.6 Å². The molecule has 0 unspecified atom stereocenters. The van der Waals surface area contributed by atoms with Crippen molar-refractivity contribution in [2.45, 2.75) is 13.0 Å². The van der Waals surface area contributed by atoms with E-state index in [1.54, 1.807) is 6.07 Å². The summed E-state index contributed by atoms with van der Waals surface area (Å²) in [5.74, 6) is 0.538. The summed E-state index contributed by atoms with van der Waals surface area (Å²) < 4.78 is 0. The first-order chi connectivity index (χ1) is 8.15. The number of hydrogen-bond acceptors (Lipinski definition) is 4. The molecule has 0 bridgehead atoms. The minimum Gasteiger partial charge on any atom is -0.384 e. The fraction of sp³-hybridized carbons (Fsp3) is 0.583. The molecule has 0 amide bonds. The van der Waals surface area contributed by atoms with Crippen molar-refractivity contribution in [3.8, 4) is 0 Å². The van der Waals surface area contributed by atoms with Crippen LogP contribution in [0.15, 0.2) is 12.1 Å². The lowest BCUT2D eigenvalue weighted by Gasteiger charge is -2.20. The Balaban J connectivity index is 2.02. The molecular formula is C12H19ClN4. The van der Waals surface area contributed by atoms with E-state index in [9.17, 15) is 0 Å².